The molecule has 1 unspecified atom stereocenters. The molecule has 1 N–H and O–H groups in total. The maximum Gasteiger partial charge on any atom is 0.324 e. The summed E-state index contributed by atoms with van der Waals surface area (Å²) in [5, 5.41) is 2.46. The van der Waals surface area contributed by atoms with Gasteiger partial charge in [-0.1, -0.05) is 6.08 Å². The van der Waals surface area contributed by atoms with Gasteiger partial charge in [0.2, 0.25) is 5.91 Å². The fourth-order valence-corrected chi connectivity index (χ4v) is 5.45. The Morgan fingerprint density at radius 1 is 1.04 bits per heavy atom. The number of carbonyl (C=O) groups excluding carboxylic acids is 2. The molecule has 152 valence electrons. The number of rotatable bonds is 2. The van der Waals surface area contributed by atoms with Crippen molar-refractivity contribution in [3.63, 3.8) is 0 Å². The van der Waals surface area contributed by atoms with Crippen LogP contribution in [0.1, 0.15) is 51.4 Å². The monoisotopic (exact) mass is 388 g/mol. The summed E-state index contributed by atoms with van der Waals surface area (Å²) in [6.45, 7) is 2.50. The highest BCUT2D eigenvalue weighted by Crippen LogP contribution is 2.46. The van der Waals surface area contributed by atoms with Gasteiger partial charge in [-0.05, 0) is 37.2 Å². The summed E-state index contributed by atoms with van der Waals surface area (Å²) in [7, 11) is 0. The van der Waals surface area contributed by atoms with E-state index >= 15 is 0 Å². The van der Waals surface area contributed by atoms with Crippen molar-refractivity contribution in [1.82, 2.24) is 10.2 Å². The number of hydrogen-bond acceptors (Lipinski definition) is 5. The van der Waals surface area contributed by atoms with Crippen LogP contribution in [0.4, 0.5) is 4.79 Å². The van der Waals surface area contributed by atoms with Gasteiger partial charge in [0, 0.05) is 37.8 Å². The van der Waals surface area contributed by atoms with Crippen molar-refractivity contribution in [2.24, 2.45) is 5.92 Å². The first-order chi connectivity index (χ1) is 13.7. The minimum absolute atomic E-state index is 0.00332. The highest BCUT2D eigenvalue weighted by Gasteiger charge is 2.43. The van der Waals surface area contributed by atoms with E-state index in [1.807, 2.05) is 4.90 Å². The number of allylic oxidation sites excluding steroid dienone is 2. The molecule has 3 saturated heterocycles. The van der Waals surface area contributed by atoms with Crippen LogP contribution < -0.4 is 5.32 Å². The summed E-state index contributed by atoms with van der Waals surface area (Å²) < 4.78 is 17.9. The molecule has 7 nitrogen and oxygen atoms in total. The van der Waals surface area contributed by atoms with E-state index in [1.54, 1.807) is 0 Å². The Kier molecular flexibility index (Phi) is 4.67. The summed E-state index contributed by atoms with van der Waals surface area (Å²) in [6.07, 6.45) is 9.37. The molecule has 28 heavy (non-hydrogen) atoms. The van der Waals surface area contributed by atoms with Crippen LogP contribution >= 0.6 is 0 Å². The SMILES string of the molecule is O=C1CCN(C2CCOC3=C(C4CCC5(CC4)OCCO5)CCC=C32)C(=O)N1. The van der Waals surface area contributed by atoms with Gasteiger partial charge >= 0.3 is 6.03 Å². The number of imide groups is 1. The van der Waals surface area contributed by atoms with Gasteiger partial charge in [-0.2, -0.15) is 0 Å². The molecular formula is C21H28N2O5. The van der Waals surface area contributed by atoms with Crippen LogP contribution in [-0.2, 0) is 19.0 Å². The summed E-state index contributed by atoms with van der Waals surface area (Å²) >= 11 is 0. The van der Waals surface area contributed by atoms with Crippen LogP contribution in [-0.4, -0.2) is 55.0 Å². The fraction of sp³-hybridized carbons (Fsp3) is 0.714. The van der Waals surface area contributed by atoms with E-state index in [1.165, 1.54) is 5.57 Å². The lowest BCUT2D eigenvalue weighted by Crippen LogP contribution is -2.55. The van der Waals surface area contributed by atoms with E-state index in [4.69, 9.17) is 14.2 Å². The normalized spacial score (nSPS) is 30.8. The Morgan fingerprint density at radius 3 is 2.57 bits per heavy atom. The summed E-state index contributed by atoms with van der Waals surface area (Å²) in [5.41, 5.74) is 2.55. The molecule has 3 amide bonds. The molecule has 3 aliphatic heterocycles. The molecule has 0 bridgehead atoms. The molecule has 0 aromatic carbocycles. The van der Waals surface area contributed by atoms with Gasteiger partial charge in [0.1, 0.15) is 5.76 Å². The molecule has 1 saturated carbocycles. The van der Waals surface area contributed by atoms with Gasteiger partial charge in [0.25, 0.3) is 0 Å². The lowest BCUT2D eigenvalue weighted by molar-refractivity contribution is -0.181. The number of nitrogens with one attached hydrogen (secondary N) is 1. The molecule has 0 aromatic rings. The molecule has 5 aliphatic rings. The predicted molar refractivity (Wildman–Crippen MR) is 100 cm³/mol. The number of hydrogen-bond donors (Lipinski definition) is 1. The molecule has 0 aromatic heterocycles. The number of carbonyl (C=O) groups is 2. The second kappa shape index (κ2) is 7.19. The van der Waals surface area contributed by atoms with Crippen molar-refractivity contribution < 1.29 is 23.8 Å². The van der Waals surface area contributed by atoms with Crippen LogP contribution in [0.3, 0.4) is 0 Å². The Balaban J connectivity index is 1.35. The number of fused-ring (bicyclic) bond motifs is 1. The molecule has 1 atom stereocenters. The van der Waals surface area contributed by atoms with E-state index < -0.39 is 0 Å². The topological polar surface area (TPSA) is 77.1 Å². The van der Waals surface area contributed by atoms with Gasteiger partial charge in [0.15, 0.2) is 5.79 Å². The first-order valence-electron chi connectivity index (χ1n) is 10.6. The maximum absolute atomic E-state index is 12.4. The molecule has 7 heteroatoms. The average molecular weight is 388 g/mol. The van der Waals surface area contributed by atoms with Gasteiger partial charge in [-0.25, -0.2) is 4.79 Å². The van der Waals surface area contributed by atoms with Gasteiger partial charge < -0.3 is 19.1 Å². The first kappa shape index (κ1) is 18.2. The van der Waals surface area contributed by atoms with Crippen molar-refractivity contribution in [2.75, 3.05) is 26.4 Å². The van der Waals surface area contributed by atoms with Crippen LogP contribution in [0.25, 0.3) is 0 Å². The Bertz CT molecular complexity index is 727. The van der Waals surface area contributed by atoms with Crippen LogP contribution in [0, 0.1) is 5.92 Å². The van der Waals surface area contributed by atoms with E-state index in [-0.39, 0.29) is 23.8 Å². The third-order valence-corrected chi connectivity index (χ3v) is 6.85. The van der Waals surface area contributed by atoms with E-state index in [0.29, 0.717) is 38.7 Å². The second-order valence-corrected chi connectivity index (χ2v) is 8.38. The molecule has 5 rings (SSSR count). The highest BCUT2D eigenvalue weighted by molar-refractivity contribution is 5.97. The average Bonchev–Trinajstić information content (AvgIpc) is 3.16. The van der Waals surface area contributed by atoms with Gasteiger partial charge in [0.05, 0.1) is 25.9 Å². The standard InChI is InChI=1S/C21H28N2O5/c24-18-6-10-23(20(25)22-18)17-7-11-26-19-15(2-1-3-16(17)19)14-4-8-21(9-5-14)27-12-13-28-21/h3,14,17H,1-2,4-13H2,(H,22,24,25). The molecule has 0 radical (unpaired) electrons. The molecule has 2 aliphatic carbocycles. The Labute approximate surface area is 165 Å². The number of nitrogens with zero attached hydrogens (tertiary/aromatic N) is 1. The molecular weight excluding hydrogens is 360 g/mol. The Morgan fingerprint density at radius 2 is 1.82 bits per heavy atom. The lowest BCUT2D eigenvalue weighted by atomic mass is 9.75. The number of urea groups is 1. The Hall–Kier alpha value is -1.86. The largest absolute Gasteiger partial charge is 0.493 e. The minimum Gasteiger partial charge on any atom is -0.493 e. The highest BCUT2D eigenvalue weighted by atomic mass is 16.7. The number of amides is 3. The van der Waals surface area contributed by atoms with Crippen LogP contribution in [0.15, 0.2) is 23.0 Å². The van der Waals surface area contributed by atoms with Gasteiger partial charge in [-0.15, -0.1) is 0 Å². The van der Waals surface area contributed by atoms with E-state index in [9.17, 15) is 9.59 Å². The van der Waals surface area contributed by atoms with Crippen LogP contribution in [0.5, 0.6) is 0 Å². The molecule has 3 heterocycles. The fourth-order valence-electron chi connectivity index (χ4n) is 5.45. The van der Waals surface area contributed by atoms with Crippen molar-refractivity contribution in [3.05, 3.63) is 23.0 Å². The number of ether oxygens (including phenoxy) is 3. The lowest BCUT2D eigenvalue weighted by Gasteiger charge is -2.42. The zero-order valence-electron chi connectivity index (χ0n) is 16.2. The van der Waals surface area contributed by atoms with Crippen molar-refractivity contribution in [1.29, 1.82) is 0 Å². The van der Waals surface area contributed by atoms with Crippen LogP contribution in [0.2, 0.25) is 0 Å². The van der Waals surface area contributed by atoms with Gasteiger partial charge in [-0.3, -0.25) is 10.1 Å². The zero-order valence-corrected chi connectivity index (χ0v) is 16.2. The minimum atomic E-state index is -0.344. The summed E-state index contributed by atoms with van der Waals surface area (Å²) in [5.74, 6) is 0.979. The second-order valence-electron chi connectivity index (χ2n) is 8.38. The predicted octanol–water partition coefficient (Wildman–Crippen LogP) is 2.62. The third kappa shape index (κ3) is 3.14. The summed E-state index contributed by atoms with van der Waals surface area (Å²) in [4.78, 5) is 25.7. The zero-order chi connectivity index (χ0) is 19.1. The first-order valence-corrected chi connectivity index (χ1v) is 10.6. The molecule has 1 spiro atoms. The summed E-state index contributed by atoms with van der Waals surface area (Å²) in [6, 6.07) is -0.269. The van der Waals surface area contributed by atoms with E-state index in [2.05, 4.69) is 11.4 Å². The quantitative estimate of drug-likeness (QED) is 0.787. The molecule has 4 fully saturated rings. The smallest absolute Gasteiger partial charge is 0.324 e. The van der Waals surface area contributed by atoms with Crippen molar-refractivity contribution in [2.45, 2.75) is 63.2 Å². The third-order valence-electron chi connectivity index (χ3n) is 6.85. The van der Waals surface area contributed by atoms with Crippen molar-refractivity contribution >= 4 is 11.9 Å². The van der Waals surface area contributed by atoms with E-state index in [0.717, 1.165) is 56.3 Å². The maximum atomic E-state index is 12.4. The van der Waals surface area contributed by atoms with Crippen molar-refractivity contribution in [3.8, 4) is 0 Å².